The molecule has 5 nitrogen and oxygen atoms in total. The van der Waals surface area contributed by atoms with Gasteiger partial charge in [0.05, 0.1) is 12.7 Å². The summed E-state index contributed by atoms with van der Waals surface area (Å²) >= 11 is 1.27. The molecule has 0 saturated carbocycles. The van der Waals surface area contributed by atoms with E-state index in [4.69, 9.17) is 9.84 Å². The maximum atomic E-state index is 11.1. The van der Waals surface area contributed by atoms with Crippen molar-refractivity contribution in [2.45, 2.75) is 19.4 Å². The topological polar surface area (TPSA) is 79.1 Å². The Morgan fingerprint density at radius 1 is 1.42 bits per heavy atom. The van der Waals surface area contributed by atoms with E-state index in [1.54, 1.807) is 18.4 Å². The Kier molecular flexibility index (Phi) is 4.83. The van der Waals surface area contributed by atoms with Crippen molar-refractivity contribution in [2.75, 3.05) is 13.4 Å². The number of aliphatic imine (C=N–C) groups is 1. The predicted molar refractivity (Wildman–Crippen MR) is 76.4 cm³/mol. The molecule has 0 aliphatic carbocycles. The van der Waals surface area contributed by atoms with E-state index in [0.29, 0.717) is 16.4 Å². The highest BCUT2D eigenvalue weighted by molar-refractivity contribution is 8.13. The zero-order valence-corrected chi connectivity index (χ0v) is 12.1. The van der Waals surface area contributed by atoms with Crippen LogP contribution in [0.5, 0.6) is 11.5 Å². The summed E-state index contributed by atoms with van der Waals surface area (Å²) < 4.78 is 5.09. The third-order valence-corrected chi connectivity index (χ3v) is 3.23. The van der Waals surface area contributed by atoms with E-state index in [9.17, 15) is 9.90 Å². The number of benzene rings is 1. The van der Waals surface area contributed by atoms with E-state index in [0.717, 1.165) is 0 Å². The smallest absolute Gasteiger partial charge is 0.331 e. The van der Waals surface area contributed by atoms with Crippen molar-refractivity contribution < 1.29 is 19.7 Å². The second-order valence-electron chi connectivity index (χ2n) is 4.37. The second-order valence-corrected chi connectivity index (χ2v) is 5.16. The number of hydrogen-bond donors (Lipinski definition) is 2. The Hall–Kier alpha value is -1.69. The summed E-state index contributed by atoms with van der Waals surface area (Å²) in [7, 11) is 1.52. The largest absolute Gasteiger partial charge is 0.507 e. The maximum Gasteiger partial charge on any atom is 0.331 e. The van der Waals surface area contributed by atoms with Crippen LogP contribution in [0.1, 0.15) is 19.4 Å². The number of aromatic hydroxyl groups is 1. The average Bonchev–Trinajstić information content (AvgIpc) is 2.36. The van der Waals surface area contributed by atoms with Crippen molar-refractivity contribution >= 4 is 22.8 Å². The molecule has 2 N–H and O–H groups in total. The lowest BCUT2D eigenvalue weighted by molar-refractivity contribution is -0.141. The van der Waals surface area contributed by atoms with Gasteiger partial charge in [-0.3, -0.25) is 4.99 Å². The summed E-state index contributed by atoms with van der Waals surface area (Å²) in [6.45, 7) is 3.01. The van der Waals surface area contributed by atoms with Crippen LogP contribution >= 0.6 is 11.8 Å². The number of methoxy groups -OCH3 is 1. The van der Waals surface area contributed by atoms with Gasteiger partial charge in [0, 0.05) is 0 Å². The molecule has 0 heterocycles. The molecule has 19 heavy (non-hydrogen) atoms. The van der Waals surface area contributed by atoms with Gasteiger partial charge < -0.3 is 14.9 Å². The molecule has 0 aliphatic rings. The number of thioether (sulfide) groups is 1. The van der Waals surface area contributed by atoms with Gasteiger partial charge in [0.1, 0.15) is 16.5 Å². The number of ether oxygens (including phenoxy) is 1. The first-order chi connectivity index (χ1) is 8.81. The number of phenolic OH excluding ortho intramolecular Hbond substituents is 1. The van der Waals surface area contributed by atoms with E-state index >= 15 is 0 Å². The van der Waals surface area contributed by atoms with Gasteiger partial charge in [-0.25, -0.2) is 4.79 Å². The standard InChI is InChI=1S/C13H17NO4S/c1-13(2,12(16)17)14-11(19-4)9-7-8(18-3)5-6-10(9)15/h5-7,15H,1-4H3,(H,16,17). The molecule has 104 valence electrons. The summed E-state index contributed by atoms with van der Waals surface area (Å²) in [6.07, 6.45) is 1.77. The van der Waals surface area contributed by atoms with Crippen LogP contribution in [-0.4, -0.2) is 40.1 Å². The lowest BCUT2D eigenvalue weighted by Gasteiger charge is -2.16. The second kappa shape index (κ2) is 5.97. The van der Waals surface area contributed by atoms with E-state index < -0.39 is 11.5 Å². The molecule has 1 rings (SSSR count). The molecule has 0 unspecified atom stereocenters. The van der Waals surface area contributed by atoms with Gasteiger partial charge in [-0.15, -0.1) is 11.8 Å². The van der Waals surface area contributed by atoms with Crippen LogP contribution in [0.2, 0.25) is 0 Å². The van der Waals surface area contributed by atoms with Crippen molar-refractivity contribution in [3.63, 3.8) is 0 Å². The number of rotatable bonds is 4. The van der Waals surface area contributed by atoms with Crippen molar-refractivity contribution in [3.05, 3.63) is 23.8 Å². The molecular formula is C13H17NO4S. The van der Waals surface area contributed by atoms with Crippen LogP contribution in [0.15, 0.2) is 23.2 Å². The number of nitrogens with zero attached hydrogens (tertiary/aromatic N) is 1. The van der Waals surface area contributed by atoms with Gasteiger partial charge in [0.2, 0.25) is 0 Å². The highest BCUT2D eigenvalue weighted by atomic mass is 32.2. The fraction of sp³-hybridized carbons (Fsp3) is 0.385. The quantitative estimate of drug-likeness (QED) is 0.655. The average molecular weight is 283 g/mol. The van der Waals surface area contributed by atoms with Gasteiger partial charge in [-0.2, -0.15) is 0 Å². The maximum absolute atomic E-state index is 11.1. The minimum Gasteiger partial charge on any atom is -0.507 e. The monoisotopic (exact) mass is 283 g/mol. The predicted octanol–water partition coefficient (Wildman–Crippen LogP) is 2.37. The van der Waals surface area contributed by atoms with Crippen molar-refractivity contribution in [2.24, 2.45) is 4.99 Å². The third-order valence-electron chi connectivity index (χ3n) is 2.53. The van der Waals surface area contributed by atoms with Crippen LogP contribution in [0, 0.1) is 0 Å². The minimum absolute atomic E-state index is 0.0371. The SMILES string of the molecule is COc1ccc(O)c(C(=NC(C)(C)C(=O)O)SC)c1. The molecule has 0 radical (unpaired) electrons. The molecule has 0 atom stereocenters. The van der Waals surface area contributed by atoms with Crippen molar-refractivity contribution in [3.8, 4) is 11.5 Å². The Balaban J connectivity index is 3.31. The normalized spacial score (nSPS) is 12.3. The summed E-state index contributed by atoms with van der Waals surface area (Å²) in [6, 6.07) is 4.75. The fourth-order valence-electron chi connectivity index (χ4n) is 1.33. The molecule has 0 fully saturated rings. The minimum atomic E-state index is -1.26. The van der Waals surface area contributed by atoms with Gasteiger partial charge in [-0.1, -0.05) is 0 Å². The Bertz CT molecular complexity index is 511. The van der Waals surface area contributed by atoms with Gasteiger partial charge in [-0.05, 0) is 38.3 Å². The van der Waals surface area contributed by atoms with Crippen LogP contribution in [0.4, 0.5) is 0 Å². The summed E-state index contributed by atoms with van der Waals surface area (Å²) in [4.78, 5) is 15.3. The molecule has 0 saturated heterocycles. The highest BCUT2D eigenvalue weighted by Crippen LogP contribution is 2.28. The third kappa shape index (κ3) is 3.64. The number of carboxylic acids is 1. The number of carboxylic acid groups (broad SMARTS) is 1. The van der Waals surface area contributed by atoms with Gasteiger partial charge >= 0.3 is 5.97 Å². The lowest BCUT2D eigenvalue weighted by Crippen LogP contribution is -2.30. The Morgan fingerprint density at radius 3 is 2.53 bits per heavy atom. The van der Waals surface area contributed by atoms with E-state index in [1.807, 2.05) is 0 Å². The molecule has 0 amide bonds. The molecule has 1 aromatic rings. The number of aliphatic carboxylic acids is 1. The zero-order chi connectivity index (χ0) is 14.6. The molecule has 0 aromatic heterocycles. The van der Waals surface area contributed by atoms with Crippen LogP contribution in [-0.2, 0) is 4.79 Å². The fourth-order valence-corrected chi connectivity index (χ4v) is 2.03. The first-order valence-corrected chi connectivity index (χ1v) is 6.79. The number of hydrogen-bond acceptors (Lipinski definition) is 5. The van der Waals surface area contributed by atoms with Gasteiger partial charge in [0.15, 0.2) is 5.54 Å². The van der Waals surface area contributed by atoms with Crippen LogP contribution in [0.25, 0.3) is 0 Å². The first-order valence-electron chi connectivity index (χ1n) is 5.56. The number of phenols is 1. The highest BCUT2D eigenvalue weighted by Gasteiger charge is 2.27. The van der Waals surface area contributed by atoms with Crippen molar-refractivity contribution in [1.29, 1.82) is 0 Å². The summed E-state index contributed by atoms with van der Waals surface area (Å²) in [5, 5.41) is 19.4. The Labute approximate surface area is 116 Å². The molecule has 0 aliphatic heterocycles. The van der Waals surface area contributed by atoms with Crippen molar-refractivity contribution in [1.82, 2.24) is 0 Å². The molecule has 0 bridgehead atoms. The molecule has 6 heteroatoms. The van der Waals surface area contributed by atoms with Gasteiger partial charge in [0.25, 0.3) is 0 Å². The Morgan fingerprint density at radius 2 is 2.05 bits per heavy atom. The molecule has 1 aromatic carbocycles. The van der Waals surface area contributed by atoms with E-state index in [1.165, 1.54) is 38.8 Å². The summed E-state index contributed by atoms with van der Waals surface area (Å²) in [5.41, 5.74) is -0.797. The van der Waals surface area contributed by atoms with E-state index in [2.05, 4.69) is 4.99 Å². The summed E-state index contributed by atoms with van der Waals surface area (Å²) in [5.74, 6) is -0.417. The lowest BCUT2D eigenvalue weighted by atomic mass is 10.1. The molecule has 0 spiro atoms. The zero-order valence-electron chi connectivity index (χ0n) is 11.3. The van der Waals surface area contributed by atoms with E-state index in [-0.39, 0.29) is 5.75 Å². The number of carbonyl (C=O) groups is 1. The van der Waals surface area contributed by atoms with Crippen LogP contribution < -0.4 is 4.74 Å². The first kappa shape index (κ1) is 15.4. The molecular weight excluding hydrogens is 266 g/mol. The van der Waals surface area contributed by atoms with Crippen LogP contribution in [0.3, 0.4) is 0 Å².